The first-order valence-corrected chi connectivity index (χ1v) is 6.74. The van der Waals surface area contributed by atoms with E-state index in [4.69, 9.17) is 9.47 Å². The van der Waals surface area contributed by atoms with Crippen molar-refractivity contribution in [3.05, 3.63) is 37.0 Å². The van der Waals surface area contributed by atoms with E-state index in [2.05, 4.69) is 13.2 Å². The number of esters is 2. The van der Waals surface area contributed by atoms with E-state index in [1.54, 1.807) is 39.0 Å². The molecule has 112 valence electrons. The van der Waals surface area contributed by atoms with Gasteiger partial charge in [0.15, 0.2) is 5.41 Å². The van der Waals surface area contributed by atoms with E-state index < -0.39 is 17.4 Å². The fraction of sp³-hybridized carbons (Fsp3) is 0.500. The van der Waals surface area contributed by atoms with Gasteiger partial charge in [-0.3, -0.25) is 9.59 Å². The van der Waals surface area contributed by atoms with Gasteiger partial charge in [-0.05, 0) is 39.2 Å². The topological polar surface area (TPSA) is 52.6 Å². The molecular formula is C16H24O4. The summed E-state index contributed by atoms with van der Waals surface area (Å²) in [6, 6.07) is 0. The zero-order chi connectivity index (χ0) is 15.6. The maximum atomic E-state index is 12.1. The van der Waals surface area contributed by atoms with Crippen LogP contribution in [0.25, 0.3) is 0 Å². The molecule has 0 saturated carbocycles. The van der Waals surface area contributed by atoms with Crippen LogP contribution in [-0.2, 0) is 19.1 Å². The summed E-state index contributed by atoms with van der Waals surface area (Å²) in [6.45, 7) is 12.7. The number of ether oxygens (including phenoxy) is 2. The van der Waals surface area contributed by atoms with Crippen molar-refractivity contribution >= 4 is 11.9 Å². The van der Waals surface area contributed by atoms with Crippen molar-refractivity contribution in [1.29, 1.82) is 0 Å². The van der Waals surface area contributed by atoms with Gasteiger partial charge < -0.3 is 9.47 Å². The van der Waals surface area contributed by atoms with Crippen LogP contribution in [0.2, 0.25) is 0 Å². The standard InChI is InChI=1S/C16H24O4/c1-6-10-13(7-2)11-12-16(5,14(17)19-8-3)15(18)20-9-4/h6-7,10H,1-2,8-9,11-12H2,3-5H3/b13-10+. The van der Waals surface area contributed by atoms with E-state index in [1.165, 1.54) is 0 Å². The average Bonchev–Trinajstić information content (AvgIpc) is 2.43. The predicted octanol–water partition coefficient (Wildman–Crippen LogP) is 3.20. The summed E-state index contributed by atoms with van der Waals surface area (Å²) in [5, 5.41) is 0. The molecule has 0 saturated heterocycles. The normalized spacial score (nSPS) is 11.7. The molecule has 0 rings (SSSR count). The average molecular weight is 280 g/mol. The monoisotopic (exact) mass is 280 g/mol. The minimum atomic E-state index is -1.30. The zero-order valence-corrected chi connectivity index (χ0v) is 12.6. The van der Waals surface area contributed by atoms with Crippen molar-refractivity contribution in [2.75, 3.05) is 13.2 Å². The van der Waals surface area contributed by atoms with Crippen molar-refractivity contribution < 1.29 is 19.1 Å². The lowest BCUT2D eigenvalue weighted by molar-refractivity contribution is -0.171. The Kier molecular flexibility index (Phi) is 8.29. The number of carbonyl (C=O) groups is 2. The fourth-order valence-electron chi connectivity index (χ4n) is 1.67. The van der Waals surface area contributed by atoms with Gasteiger partial charge in [0.1, 0.15) is 0 Å². The van der Waals surface area contributed by atoms with E-state index in [-0.39, 0.29) is 13.2 Å². The largest absolute Gasteiger partial charge is 0.465 e. The van der Waals surface area contributed by atoms with Gasteiger partial charge in [-0.1, -0.05) is 31.4 Å². The molecule has 0 bridgehead atoms. The summed E-state index contributed by atoms with van der Waals surface area (Å²) in [6.07, 6.45) is 5.94. The summed E-state index contributed by atoms with van der Waals surface area (Å²) < 4.78 is 9.99. The third-order valence-corrected chi connectivity index (χ3v) is 2.96. The minimum absolute atomic E-state index is 0.227. The number of hydrogen-bond acceptors (Lipinski definition) is 4. The van der Waals surface area contributed by atoms with Crippen LogP contribution in [0.3, 0.4) is 0 Å². The number of rotatable bonds is 9. The summed E-state index contributed by atoms with van der Waals surface area (Å²) in [5.41, 5.74) is -0.394. The Morgan fingerprint density at radius 3 is 1.95 bits per heavy atom. The molecule has 0 aromatic carbocycles. The third-order valence-electron chi connectivity index (χ3n) is 2.96. The SMILES string of the molecule is C=C/C=C(\C=C)CCC(C)(C(=O)OCC)C(=O)OCC. The smallest absolute Gasteiger partial charge is 0.323 e. The van der Waals surface area contributed by atoms with E-state index >= 15 is 0 Å². The van der Waals surface area contributed by atoms with Crippen LogP contribution in [0.1, 0.15) is 33.6 Å². The molecule has 20 heavy (non-hydrogen) atoms. The maximum Gasteiger partial charge on any atom is 0.323 e. The zero-order valence-electron chi connectivity index (χ0n) is 12.6. The third kappa shape index (κ3) is 5.03. The molecule has 4 nitrogen and oxygen atoms in total. The Morgan fingerprint density at radius 2 is 1.60 bits per heavy atom. The molecule has 0 amide bonds. The second kappa shape index (κ2) is 9.13. The van der Waals surface area contributed by atoms with Gasteiger partial charge in [0.25, 0.3) is 0 Å². The van der Waals surface area contributed by atoms with Crippen molar-refractivity contribution in [1.82, 2.24) is 0 Å². The molecule has 4 heteroatoms. The molecule has 0 aromatic rings. The second-order valence-electron chi connectivity index (χ2n) is 4.45. The number of hydrogen-bond donors (Lipinski definition) is 0. The maximum absolute atomic E-state index is 12.1. The Labute approximate surface area is 121 Å². The molecule has 0 aromatic heterocycles. The molecule has 0 spiro atoms. The quantitative estimate of drug-likeness (QED) is 0.370. The van der Waals surface area contributed by atoms with Crippen LogP contribution in [0.15, 0.2) is 37.0 Å². The summed E-state index contributed by atoms with van der Waals surface area (Å²) in [7, 11) is 0. The van der Waals surface area contributed by atoms with E-state index in [0.717, 1.165) is 5.57 Å². The highest BCUT2D eigenvalue weighted by Crippen LogP contribution is 2.29. The lowest BCUT2D eigenvalue weighted by Crippen LogP contribution is -2.39. The van der Waals surface area contributed by atoms with Crippen LogP contribution in [0.5, 0.6) is 0 Å². The lowest BCUT2D eigenvalue weighted by atomic mass is 9.84. The van der Waals surface area contributed by atoms with E-state index in [1.807, 2.05) is 0 Å². The van der Waals surface area contributed by atoms with Gasteiger partial charge in [0.05, 0.1) is 13.2 Å². The molecule has 0 aliphatic carbocycles. The fourth-order valence-corrected chi connectivity index (χ4v) is 1.67. The van der Waals surface area contributed by atoms with Crippen LogP contribution >= 0.6 is 0 Å². The van der Waals surface area contributed by atoms with Crippen molar-refractivity contribution in [3.63, 3.8) is 0 Å². The summed E-state index contributed by atoms with van der Waals surface area (Å²) >= 11 is 0. The van der Waals surface area contributed by atoms with E-state index in [9.17, 15) is 9.59 Å². The highest BCUT2D eigenvalue weighted by Gasteiger charge is 2.43. The van der Waals surface area contributed by atoms with Crippen LogP contribution in [0.4, 0.5) is 0 Å². The highest BCUT2D eigenvalue weighted by molar-refractivity contribution is 5.99. The van der Waals surface area contributed by atoms with Crippen LogP contribution in [0, 0.1) is 5.41 Å². The van der Waals surface area contributed by atoms with Gasteiger partial charge >= 0.3 is 11.9 Å². The highest BCUT2D eigenvalue weighted by atomic mass is 16.6. The molecule has 0 fully saturated rings. The summed E-state index contributed by atoms with van der Waals surface area (Å²) in [4.78, 5) is 24.1. The molecule has 0 radical (unpaired) electrons. The Morgan fingerprint density at radius 1 is 1.10 bits per heavy atom. The predicted molar refractivity (Wildman–Crippen MR) is 79.1 cm³/mol. The van der Waals surface area contributed by atoms with Crippen LogP contribution < -0.4 is 0 Å². The molecular weight excluding hydrogens is 256 g/mol. The molecule has 0 N–H and O–H groups in total. The number of allylic oxidation sites excluding steroid dienone is 4. The summed E-state index contributed by atoms with van der Waals surface area (Å²) in [5.74, 6) is -1.11. The molecule has 0 unspecified atom stereocenters. The first-order valence-electron chi connectivity index (χ1n) is 6.74. The lowest BCUT2D eigenvalue weighted by Gasteiger charge is -2.25. The molecule has 0 aliphatic heterocycles. The van der Waals surface area contributed by atoms with Gasteiger partial charge in [0.2, 0.25) is 0 Å². The van der Waals surface area contributed by atoms with Crippen molar-refractivity contribution in [2.24, 2.45) is 5.41 Å². The van der Waals surface area contributed by atoms with Crippen molar-refractivity contribution in [2.45, 2.75) is 33.6 Å². The number of carbonyl (C=O) groups excluding carboxylic acids is 2. The Balaban J connectivity index is 5.08. The first-order chi connectivity index (χ1) is 9.46. The van der Waals surface area contributed by atoms with Gasteiger partial charge in [0, 0.05) is 0 Å². The first kappa shape index (κ1) is 18.2. The molecule has 0 heterocycles. The Hall–Kier alpha value is -1.84. The van der Waals surface area contributed by atoms with Gasteiger partial charge in [-0.15, -0.1) is 0 Å². The van der Waals surface area contributed by atoms with Crippen molar-refractivity contribution in [3.8, 4) is 0 Å². The van der Waals surface area contributed by atoms with E-state index in [0.29, 0.717) is 12.8 Å². The van der Waals surface area contributed by atoms with Gasteiger partial charge in [-0.25, -0.2) is 0 Å². The minimum Gasteiger partial charge on any atom is -0.465 e. The second-order valence-corrected chi connectivity index (χ2v) is 4.45. The Bertz CT molecular complexity index is 375. The molecule has 0 aliphatic rings. The van der Waals surface area contributed by atoms with Crippen LogP contribution in [-0.4, -0.2) is 25.2 Å². The molecule has 0 atom stereocenters. The van der Waals surface area contributed by atoms with Gasteiger partial charge in [-0.2, -0.15) is 0 Å².